The number of aryl methyl sites for hydroxylation is 2. The first-order valence-electron chi connectivity index (χ1n) is 20.1. The molecule has 6 rings (SSSR count). The van der Waals surface area contributed by atoms with Gasteiger partial charge in [0.2, 0.25) is 20.0 Å². The maximum absolute atomic E-state index is 12.6. The highest BCUT2D eigenvalue weighted by Crippen LogP contribution is 2.34. The third-order valence-electron chi connectivity index (χ3n) is 10.6. The average molecular weight is 981 g/mol. The van der Waals surface area contributed by atoms with Crippen LogP contribution in [0.5, 0.6) is 23.0 Å². The summed E-state index contributed by atoms with van der Waals surface area (Å²) >= 11 is 0. The van der Waals surface area contributed by atoms with E-state index in [1.54, 1.807) is 24.3 Å². The quantitative estimate of drug-likeness (QED) is 0.0783. The van der Waals surface area contributed by atoms with Crippen molar-refractivity contribution in [3.63, 3.8) is 0 Å². The van der Waals surface area contributed by atoms with Crippen molar-refractivity contribution in [1.29, 1.82) is 0 Å². The number of nitrogens with one attached hydrogen (secondary N) is 4. The van der Waals surface area contributed by atoms with Crippen LogP contribution in [0.4, 0.5) is 11.4 Å². The second-order valence-corrected chi connectivity index (χ2v) is 22.2. The van der Waals surface area contributed by atoms with E-state index in [4.69, 9.17) is 9.47 Å². The number of sulfonamides is 2. The van der Waals surface area contributed by atoms with Gasteiger partial charge in [-0.25, -0.2) is 44.3 Å². The van der Waals surface area contributed by atoms with Crippen LogP contribution in [0, 0.1) is 0 Å². The monoisotopic (exact) mass is 980 g/mol. The zero-order valence-corrected chi connectivity index (χ0v) is 39.5. The van der Waals surface area contributed by atoms with Crippen LogP contribution in [0.25, 0.3) is 0 Å². The van der Waals surface area contributed by atoms with Crippen molar-refractivity contribution >= 4 is 63.7 Å². The van der Waals surface area contributed by atoms with Crippen LogP contribution in [0.1, 0.15) is 56.7 Å². The number of anilines is 2. The molecule has 0 radical (unpaired) electrons. The SMILES string of the molecule is CCC(C)(C)c1ccc(S(=O)(=O)NCCCc2ccc(N3CC(=O)NS3(=O)=O)c(O)c2)cc1.COc1ccc(S(=O)(=O)NCCCc2ccc(N3CC(=O)NS3(=O)=O)c(O)c2)cc1OC. The number of rotatable bonds is 18. The summed E-state index contributed by atoms with van der Waals surface area (Å²) in [6.45, 7) is 5.84. The lowest BCUT2D eigenvalue weighted by atomic mass is 9.82. The first-order chi connectivity index (χ1) is 30.4. The molecule has 0 aliphatic carbocycles. The van der Waals surface area contributed by atoms with Crippen LogP contribution in [-0.4, -0.2) is 96.1 Å². The van der Waals surface area contributed by atoms with Gasteiger partial charge in [-0.3, -0.25) is 9.59 Å². The van der Waals surface area contributed by atoms with E-state index < -0.39 is 65.4 Å². The minimum atomic E-state index is -4.02. The highest BCUT2D eigenvalue weighted by atomic mass is 32.2. The number of benzene rings is 4. The Kier molecular flexibility index (Phi) is 15.7. The zero-order chi connectivity index (χ0) is 48.0. The number of hydrogen-bond donors (Lipinski definition) is 6. The molecule has 2 fully saturated rings. The van der Waals surface area contributed by atoms with Crippen LogP contribution < -0.4 is 37.0 Å². The lowest BCUT2D eigenvalue weighted by molar-refractivity contribution is -0.118. The van der Waals surface area contributed by atoms with Crippen LogP contribution in [0.3, 0.4) is 0 Å². The van der Waals surface area contributed by atoms with Gasteiger partial charge in [-0.1, -0.05) is 45.0 Å². The highest BCUT2D eigenvalue weighted by molar-refractivity contribution is 7.92. The Morgan fingerprint density at radius 2 is 1.08 bits per heavy atom. The number of ether oxygens (including phenoxy) is 2. The molecule has 2 aliphatic rings. The summed E-state index contributed by atoms with van der Waals surface area (Å²) in [6.07, 6.45) is 2.72. The van der Waals surface area contributed by atoms with Crippen LogP contribution in [0.2, 0.25) is 0 Å². The lowest BCUT2D eigenvalue weighted by Crippen LogP contribution is -2.29. The number of phenols is 2. The number of hydrogen-bond acceptors (Lipinski definition) is 14. The van der Waals surface area contributed by atoms with Crippen molar-refractivity contribution in [2.24, 2.45) is 0 Å². The molecule has 0 aromatic heterocycles. The van der Waals surface area contributed by atoms with Gasteiger partial charge in [0.1, 0.15) is 24.6 Å². The Hall–Kier alpha value is -5.66. The third kappa shape index (κ3) is 12.4. The Balaban J connectivity index is 0.000000244. The fraction of sp³-hybridized carbons (Fsp3) is 0.366. The number of nitrogens with zero attached hydrogens (tertiary/aromatic N) is 2. The van der Waals surface area contributed by atoms with Crippen LogP contribution in [0.15, 0.2) is 88.7 Å². The Bertz CT molecular complexity index is 2860. The molecule has 2 heterocycles. The van der Waals surface area contributed by atoms with Crippen molar-refractivity contribution in [3.8, 4) is 23.0 Å². The van der Waals surface area contributed by atoms with E-state index in [1.165, 1.54) is 56.7 Å². The fourth-order valence-electron chi connectivity index (χ4n) is 6.63. The summed E-state index contributed by atoms with van der Waals surface area (Å²) in [5.74, 6) is -1.22. The van der Waals surface area contributed by atoms with E-state index in [0.717, 1.165) is 20.6 Å². The number of carbonyl (C=O) groups excluding carboxylic acids is 2. The molecule has 0 atom stereocenters. The van der Waals surface area contributed by atoms with Crippen molar-refractivity contribution in [1.82, 2.24) is 18.9 Å². The molecule has 65 heavy (non-hydrogen) atoms. The van der Waals surface area contributed by atoms with Crippen molar-refractivity contribution in [2.75, 3.05) is 49.0 Å². The molecular weight excluding hydrogens is 929 g/mol. The van der Waals surface area contributed by atoms with Crippen LogP contribution >= 0.6 is 0 Å². The number of amides is 2. The van der Waals surface area contributed by atoms with Gasteiger partial charge in [0, 0.05) is 19.2 Å². The van der Waals surface area contributed by atoms with E-state index in [1.807, 2.05) is 21.6 Å². The van der Waals surface area contributed by atoms with Crippen LogP contribution in [-0.2, 0) is 68.3 Å². The topological polar surface area (TPSA) is 284 Å². The standard InChI is InChI=1S/C22H29N3O6S2.C19H23N3O8S2/c1-4-22(2,3)17-8-10-18(11-9-17)32(28,29)23-13-5-6-16-7-12-19(20(26)14-16)25-15-21(27)24-33(25,30)31;1-29-17-8-6-14(11-18(17)30-2)31(25,26)20-9-3-4-13-5-7-15(16(23)10-13)22-12-19(24)21-32(22,27)28/h7-12,14,23,26H,4-6,13,15H2,1-3H3,(H,24,27);5-8,10-11,20,23H,3-4,9,12H2,1-2H3,(H,21,24). The zero-order valence-electron chi connectivity index (χ0n) is 36.2. The van der Waals surface area contributed by atoms with Crippen molar-refractivity contribution in [3.05, 3.63) is 95.6 Å². The van der Waals surface area contributed by atoms with Crippen molar-refractivity contribution in [2.45, 2.75) is 68.1 Å². The van der Waals surface area contributed by atoms with Gasteiger partial charge in [-0.2, -0.15) is 16.8 Å². The fourth-order valence-corrected chi connectivity index (χ4v) is 11.1. The van der Waals surface area contributed by atoms with Crippen molar-refractivity contribution < 1.29 is 62.9 Å². The molecule has 2 aliphatic heterocycles. The summed E-state index contributed by atoms with van der Waals surface area (Å²) in [6, 6.07) is 20.0. The average Bonchev–Trinajstić information content (AvgIpc) is 3.69. The van der Waals surface area contributed by atoms with Gasteiger partial charge >= 0.3 is 20.4 Å². The summed E-state index contributed by atoms with van der Waals surface area (Å²) in [4.78, 5) is 23.0. The molecule has 4 aromatic rings. The van der Waals surface area contributed by atoms with E-state index in [2.05, 4.69) is 30.2 Å². The summed E-state index contributed by atoms with van der Waals surface area (Å²) in [5.41, 5.74) is 2.43. The number of methoxy groups -OCH3 is 2. The molecule has 0 saturated carbocycles. The summed E-state index contributed by atoms with van der Waals surface area (Å²) in [5, 5.41) is 20.5. The normalized spacial score (nSPS) is 15.8. The molecule has 4 aromatic carbocycles. The van der Waals surface area contributed by atoms with Gasteiger partial charge in [0.05, 0.1) is 35.4 Å². The van der Waals surface area contributed by atoms with Gasteiger partial charge in [-0.15, -0.1) is 0 Å². The second kappa shape index (κ2) is 20.2. The van der Waals surface area contributed by atoms with E-state index >= 15 is 0 Å². The predicted octanol–water partition coefficient (Wildman–Crippen LogP) is 2.67. The highest BCUT2D eigenvalue weighted by Gasteiger charge is 2.36. The molecule has 20 nitrogen and oxygen atoms in total. The lowest BCUT2D eigenvalue weighted by Gasteiger charge is -2.23. The van der Waals surface area contributed by atoms with Gasteiger partial charge in [-0.05, 0) is 103 Å². The van der Waals surface area contributed by atoms with E-state index in [9.17, 15) is 53.5 Å². The first-order valence-corrected chi connectivity index (χ1v) is 25.9. The molecule has 354 valence electrons. The molecule has 2 amide bonds. The Morgan fingerprint density at radius 1 is 0.646 bits per heavy atom. The molecule has 0 bridgehead atoms. The molecule has 0 unspecified atom stereocenters. The van der Waals surface area contributed by atoms with E-state index in [-0.39, 0.29) is 51.2 Å². The third-order valence-corrected chi connectivity index (χ3v) is 16.3. The second-order valence-electron chi connectivity index (χ2n) is 15.5. The van der Waals surface area contributed by atoms with E-state index in [0.29, 0.717) is 48.3 Å². The Labute approximate surface area is 379 Å². The minimum Gasteiger partial charge on any atom is -0.506 e. The first kappa shape index (κ1) is 50.3. The molecule has 0 spiro atoms. The number of phenolic OH excluding ortho intramolecular Hbond substituents is 2. The molecule has 6 N–H and O–H groups in total. The molecule has 2 saturated heterocycles. The maximum Gasteiger partial charge on any atom is 0.326 e. The predicted molar refractivity (Wildman–Crippen MR) is 241 cm³/mol. The Morgan fingerprint density at radius 3 is 1.46 bits per heavy atom. The smallest absolute Gasteiger partial charge is 0.326 e. The largest absolute Gasteiger partial charge is 0.506 e. The number of aromatic hydroxyl groups is 2. The number of carbonyl (C=O) groups is 2. The summed E-state index contributed by atoms with van der Waals surface area (Å²) in [7, 11) is -12.6. The maximum atomic E-state index is 12.6. The summed E-state index contributed by atoms with van der Waals surface area (Å²) < 4.78 is 118. The van der Waals surface area contributed by atoms with Gasteiger partial charge in [0.25, 0.3) is 11.8 Å². The molecule has 24 heteroatoms. The minimum absolute atomic E-state index is 0.00694. The molecular formula is C41H52N6O14S4. The van der Waals surface area contributed by atoms with Gasteiger partial charge < -0.3 is 19.7 Å². The van der Waals surface area contributed by atoms with Gasteiger partial charge in [0.15, 0.2) is 11.5 Å².